The average Bonchev–Trinajstić information content (AvgIpc) is 2.65. The van der Waals surface area contributed by atoms with Gasteiger partial charge in [-0.05, 0) is 25.8 Å². The lowest BCUT2D eigenvalue weighted by atomic mass is 10.2. The minimum Gasteiger partial charge on any atom is -0.336 e. The molecule has 2 rings (SSSR count). The summed E-state index contributed by atoms with van der Waals surface area (Å²) < 4.78 is 0. The molecule has 4 nitrogen and oxygen atoms in total. The number of amides is 1. The number of hydrogen-bond acceptors (Lipinski definition) is 3. The van der Waals surface area contributed by atoms with E-state index < -0.39 is 0 Å². The second-order valence-corrected chi connectivity index (χ2v) is 3.62. The number of hydrogen-bond donors (Lipinski definition) is 0. The summed E-state index contributed by atoms with van der Waals surface area (Å²) in [6.07, 6.45) is 5.27. The average molecular weight is 191 g/mol. The summed E-state index contributed by atoms with van der Waals surface area (Å²) in [6.45, 7) is 2.95. The van der Waals surface area contributed by atoms with E-state index in [-0.39, 0.29) is 5.91 Å². The smallest absolute Gasteiger partial charge is 0.255 e. The number of aromatic nitrogens is 2. The van der Waals surface area contributed by atoms with Gasteiger partial charge >= 0.3 is 0 Å². The van der Waals surface area contributed by atoms with E-state index in [1.54, 1.807) is 12.3 Å². The lowest BCUT2D eigenvalue weighted by molar-refractivity contribution is 0.0747. The molecule has 1 aliphatic heterocycles. The highest BCUT2D eigenvalue weighted by atomic mass is 16.2. The molecule has 74 valence electrons. The van der Waals surface area contributed by atoms with E-state index in [0.717, 1.165) is 19.4 Å². The molecule has 1 atom stereocenters. The fourth-order valence-electron chi connectivity index (χ4n) is 1.82. The third kappa shape index (κ3) is 1.60. The predicted molar refractivity (Wildman–Crippen MR) is 51.8 cm³/mol. The van der Waals surface area contributed by atoms with Gasteiger partial charge in [0.05, 0.1) is 18.0 Å². The molecule has 0 radical (unpaired) electrons. The lowest BCUT2D eigenvalue weighted by Crippen LogP contribution is -2.33. The Hall–Kier alpha value is -1.45. The molecule has 1 aromatic rings. The van der Waals surface area contributed by atoms with Gasteiger partial charge in [0, 0.05) is 12.6 Å². The second-order valence-electron chi connectivity index (χ2n) is 3.62. The monoisotopic (exact) mass is 191 g/mol. The third-order valence-electron chi connectivity index (χ3n) is 2.65. The van der Waals surface area contributed by atoms with Crippen molar-refractivity contribution in [3.05, 3.63) is 24.0 Å². The summed E-state index contributed by atoms with van der Waals surface area (Å²) in [4.78, 5) is 13.8. The highest BCUT2D eigenvalue weighted by Gasteiger charge is 2.25. The first-order valence-corrected chi connectivity index (χ1v) is 4.86. The summed E-state index contributed by atoms with van der Waals surface area (Å²) in [7, 11) is 0. The van der Waals surface area contributed by atoms with Crippen LogP contribution in [-0.4, -0.2) is 33.6 Å². The molecule has 4 heteroatoms. The SMILES string of the molecule is C[C@@H]1CCCN1C(=O)c1ccnnc1. The Balaban J connectivity index is 2.16. The summed E-state index contributed by atoms with van der Waals surface area (Å²) in [5.41, 5.74) is 0.633. The molecule has 0 bridgehead atoms. The van der Waals surface area contributed by atoms with Crippen molar-refractivity contribution in [2.24, 2.45) is 0 Å². The van der Waals surface area contributed by atoms with Crippen LogP contribution in [0.4, 0.5) is 0 Å². The van der Waals surface area contributed by atoms with E-state index in [2.05, 4.69) is 17.1 Å². The van der Waals surface area contributed by atoms with E-state index in [1.807, 2.05) is 4.90 Å². The largest absolute Gasteiger partial charge is 0.336 e. The maximum Gasteiger partial charge on any atom is 0.255 e. The number of carbonyl (C=O) groups excluding carboxylic acids is 1. The fourth-order valence-corrected chi connectivity index (χ4v) is 1.82. The quantitative estimate of drug-likeness (QED) is 0.667. The molecule has 1 fully saturated rings. The van der Waals surface area contributed by atoms with Crippen LogP contribution < -0.4 is 0 Å². The summed E-state index contributed by atoms with van der Waals surface area (Å²) in [5, 5.41) is 7.36. The lowest BCUT2D eigenvalue weighted by Gasteiger charge is -2.20. The van der Waals surface area contributed by atoms with Crippen molar-refractivity contribution < 1.29 is 4.79 Å². The predicted octanol–water partition coefficient (Wildman–Crippen LogP) is 1.10. The Kier molecular flexibility index (Phi) is 2.43. The highest BCUT2D eigenvalue weighted by molar-refractivity contribution is 5.94. The van der Waals surface area contributed by atoms with Crippen LogP contribution >= 0.6 is 0 Å². The van der Waals surface area contributed by atoms with Crippen molar-refractivity contribution >= 4 is 5.91 Å². The second kappa shape index (κ2) is 3.74. The Morgan fingerprint density at radius 2 is 2.43 bits per heavy atom. The Labute approximate surface area is 82.9 Å². The first kappa shape index (κ1) is 9.12. The first-order chi connectivity index (χ1) is 6.79. The zero-order valence-corrected chi connectivity index (χ0v) is 8.18. The number of likely N-dealkylation sites (tertiary alicyclic amines) is 1. The summed E-state index contributed by atoms with van der Waals surface area (Å²) in [5.74, 6) is 0.0740. The van der Waals surface area contributed by atoms with E-state index in [0.29, 0.717) is 11.6 Å². The van der Waals surface area contributed by atoms with Crippen molar-refractivity contribution in [3.8, 4) is 0 Å². The standard InChI is InChI=1S/C10H13N3O/c1-8-3-2-6-13(8)10(14)9-4-5-11-12-7-9/h4-5,7-8H,2-3,6H2,1H3/t8-/m1/s1. The minimum absolute atomic E-state index is 0.0740. The van der Waals surface area contributed by atoms with Crippen molar-refractivity contribution in [2.45, 2.75) is 25.8 Å². The molecular formula is C10H13N3O. The van der Waals surface area contributed by atoms with Gasteiger partial charge in [-0.3, -0.25) is 4.79 Å². The third-order valence-corrected chi connectivity index (χ3v) is 2.65. The Morgan fingerprint density at radius 3 is 3.00 bits per heavy atom. The van der Waals surface area contributed by atoms with Crippen LogP contribution in [0.25, 0.3) is 0 Å². The molecule has 1 amide bonds. The molecule has 1 aromatic heterocycles. The van der Waals surface area contributed by atoms with Gasteiger partial charge in [-0.15, -0.1) is 0 Å². The number of carbonyl (C=O) groups is 1. The summed E-state index contributed by atoms with van der Waals surface area (Å²) in [6, 6.07) is 2.07. The van der Waals surface area contributed by atoms with Crippen LogP contribution in [0.5, 0.6) is 0 Å². The number of rotatable bonds is 1. The van der Waals surface area contributed by atoms with E-state index in [1.165, 1.54) is 6.20 Å². The van der Waals surface area contributed by atoms with Crippen molar-refractivity contribution in [1.29, 1.82) is 0 Å². The minimum atomic E-state index is 0.0740. The van der Waals surface area contributed by atoms with E-state index >= 15 is 0 Å². The van der Waals surface area contributed by atoms with Gasteiger partial charge in [0.2, 0.25) is 0 Å². The molecular weight excluding hydrogens is 178 g/mol. The zero-order valence-electron chi connectivity index (χ0n) is 8.18. The normalized spacial score (nSPS) is 21.2. The van der Waals surface area contributed by atoms with Gasteiger partial charge in [-0.2, -0.15) is 10.2 Å². The van der Waals surface area contributed by atoms with Crippen LogP contribution in [0.2, 0.25) is 0 Å². The molecule has 0 unspecified atom stereocenters. The van der Waals surface area contributed by atoms with Crippen LogP contribution in [0.15, 0.2) is 18.5 Å². The maximum atomic E-state index is 11.9. The fraction of sp³-hybridized carbons (Fsp3) is 0.500. The van der Waals surface area contributed by atoms with Gasteiger partial charge < -0.3 is 4.90 Å². The first-order valence-electron chi connectivity index (χ1n) is 4.86. The van der Waals surface area contributed by atoms with E-state index in [4.69, 9.17) is 0 Å². The van der Waals surface area contributed by atoms with Gasteiger partial charge in [0.15, 0.2) is 0 Å². The maximum absolute atomic E-state index is 11.9. The molecule has 0 saturated carbocycles. The summed E-state index contributed by atoms with van der Waals surface area (Å²) >= 11 is 0. The van der Waals surface area contributed by atoms with Crippen LogP contribution in [0, 0.1) is 0 Å². The number of nitrogens with zero attached hydrogens (tertiary/aromatic N) is 3. The molecule has 1 saturated heterocycles. The zero-order chi connectivity index (χ0) is 9.97. The van der Waals surface area contributed by atoms with E-state index in [9.17, 15) is 4.79 Å². The van der Waals surface area contributed by atoms with Crippen molar-refractivity contribution in [2.75, 3.05) is 6.54 Å². The van der Waals surface area contributed by atoms with Crippen LogP contribution in [0.3, 0.4) is 0 Å². The molecule has 14 heavy (non-hydrogen) atoms. The Morgan fingerprint density at radius 1 is 1.57 bits per heavy atom. The van der Waals surface area contributed by atoms with Gasteiger partial charge in [0.25, 0.3) is 5.91 Å². The van der Waals surface area contributed by atoms with Gasteiger partial charge in [-0.25, -0.2) is 0 Å². The topological polar surface area (TPSA) is 46.1 Å². The van der Waals surface area contributed by atoms with Crippen molar-refractivity contribution in [3.63, 3.8) is 0 Å². The van der Waals surface area contributed by atoms with Gasteiger partial charge in [0.1, 0.15) is 0 Å². The highest BCUT2D eigenvalue weighted by Crippen LogP contribution is 2.18. The Bertz CT molecular complexity index is 325. The molecule has 1 aliphatic rings. The van der Waals surface area contributed by atoms with Crippen LogP contribution in [-0.2, 0) is 0 Å². The molecule has 0 spiro atoms. The molecule has 2 heterocycles. The van der Waals surface area contributed by atoms with Crippen molar-refractivity contribution in [1.82, 2.24) is 15.1 Å². The molecule has 0 aromatic carbocycles. The van der Waals surface area contributed by atoms with Gasteiger partial charge in [-0.1, -0.05) is 0 Å². The molecule has 0 aliphatic carbocycles. The van der Waals surface area contributed by atoms with Crippen LogP contribution in [0.1, 0.15) is 30.1 Å². The molecule has 0 N–H and O–H groups in total.